The van der Waals surface area contributed by atoms with Gasteiger partial charge in [-0.25, -0.2) is 13.6 Å². The predicted octanol–water partition coefficient (Wildman–Crippen LogP) is 0.483. The molecule has 1 aliphatic rings. The minimum Gasteiger partial charge on any atom is -0.381 e. The highest BCUT2D eigenvalue weighted by Crippen LogP contribution is 2.18. The average Bonchev–Trinajstić information content (AvgIpc) is 3.04. The minimum atomic E-state index is -3.82. The minimum absolute atomic E-state index is 0.0453. The molecule has 0 saturated carbocycles. The van der Waals surface area contributed by atoms with Crippen LogP contribution in [0.5, 0.6) is 0 Å². The molecule has 2 heterocycles. The summed E-state index contributed by atoms with van der Waals surface area (Å²) in [4.78, 5) is 12.2. The maximum absolute atomic E-state index is 12.3. The van der Waals surface area contributed by atoms with Gasteiger partial charge in [-0.1, -0.05) is 0 Å². The first kappa shape index (κ1) is 16.0. The standard InChI is InChI=1S/C13H21N3O4S/c1-9(2)16-7-11(21(14,18)19)5-12(16)13(17)15-6-10-3-4-20-8-10/h5,7,9-10H,3-4,6,8H2,1-2H3,(H,15,17)(H2,14,18,19). The van der Waals surface area contributed by atoms with Crippen molar-refractivity contribution in [2.24, 2.45) is 11.1 Å². The normalized spacial score (nSPS) is 19.1. The number of carbonyl (C=O) groups is 1. The van der Waals surface area contributed by atoms with Gasteiger partial charge in [-0.2, -0.15) is 0 Å². The molecule has 118 valence electrons. The van der Waals surface area contributed by atoms with Crippen molar-refractivity contribution in [2.75, 3.05) is 19.8 Å². The number of nitrogens with two attached hydrogens (primary N) is 1. The van der Waals surface area contributed by atoms with Gasteiger partial charge in [-0.3, -0.25) is 4.79 Å². The molecule has 21 heavy (non-hydrogen) atoms. The van der Waals surface area contributed by atoms with Crippen molar-refractivity contribution in [3.63, 3.8) is 0 Å². The zero-order chi connectivity index (χ0) is 15.6. The molecule has 7 nitrogen and oxygen atoms in total. The highest BCUT2D eigenvalue weighted by Gasteiger charge is 2.22. The topological polar surface area (TPSA) is 103 Å². The quantitative estimate of drug-likeness (QED) is 0.825. The first-order valence-corrected chi connectivity index (χ1v) is 8.44. The maximum Gasteiger partial charge on any atom is 0.267 e. The van der Waals surface area contributed by atoms with E-state index in [1.807, 2.05) is 13.8 Å². The van der Waals surface area contributed by atoms with Crippen molar-refractivity contribution in [2.45, 2.75) is 31.2 Å². The van der Waals surface area contributed by atoms with E-state index in [0.717, 1.165) is 13.0 Å². The third kappa shape index (κ3) is 3.84. The number of carbonyl (C=O) groups excluding carboxylic acids is 1. The summed E-state index contributed by atoms with van der Waals surface area (Å²) in [6.07, 6.45) is 2.32. The fourth-order valence-corrected chi connectivity index (χ4v) is 2.83. The molecule has 0 spiro atoms. The molecule has 0 bridgehead atoms. The molecular weight excluding hydrogens is 294 g/mol. The Bertz CT molecular complexity index is 615. The Morgan fingerprint density at radius 1 is 1.57 bits per heavy atom. The first-order valence-electron chi connectivity index (χ1n) is 6.89. The van der Waals surface area contributed by atoms with Crippen molar-refractivity contribution >= 4 is 15.9 Å². The van der Waals surface area contributed by atoms with Gasteiger partial charge in [0.2, 0.25) is 10.0 Å². The molecule has 1 fully saturated rings. The van der Waals surface area contributed by atoms with Gasteiger partial charge >= 0.3 is 0 Å². The van der Waals surface area contributed by atoms with Crippen LogP contribution in [-0.2, 0) is 14.8 Å². The van der Waals surface area contributed by atoms with Crippen LogP contribution in [0.4, 0.5) is 0 Å². The van der Waals surface area contributed by atoms with Crippen LogP contribution >= 0.6 is 0 Å². The molecule has 3 N–H and O–H groups in total. The maximum atomic E-state index is 12.3. The largest absolute Gasteiger partial charge is 0.381 e. The van der Waals surface area contributed by atoms with Gasteiger partial charge in [0.05, 0.1) is 6.61 Å². The Morgan fingerprint density at radius 3 is 2.81 bits per heavy atom. The van der Waals surface area contributed by atoms with Crippen molar-refractivity contribution in [3.05, 3.63) is 18.0 Å². The number of rotatable bonds is 5. The summed E-state index contributed by atoms with van der Waals surface area (Å²) >= 11 is 0. The Labute approximate surface area is 124 Å². The van der Waals surface area contributed by atoms with E-state index >= 15 is 0 Å². The summed E-state index contributed by atoms with van der Waals surface area (Å²) in [7, 11) is -3.82. The second kappa shape index (κ2) is 6.17. The smallest absolute Gasteiger partial charge is 0.267 e. The number of aromatic nitrogens is 1. The zero-order valence-electron chi connectivity index (χ0n) is 12.2. The summed E-state index contributed by atoms with van der Waals surface area (Å²) in [6, 6.07) is 1.27. The van der Waals surface area contributed by atoms with Gasteiger partial charge in [0, 0.05) is 31.3 Å². The third-order valence-corrected chi connectivity index (χ3v) is 4.40. The fourth-order valence-electron chi connectivity index (χ4n) is 2.29. The molecule has 0 aliphatic carbocycles. The Kier molecular flexibility index (Phi) is 4.70. The lowest BCUT2D eigenvalue weighted by atomic mass is 10.1. The SMILES string of the molecule is CC(C)n1cc(S(N)(=O)=O)cc1C(=O)NCC1CCOC1. The van der Waals surface area contributed by atoms with Crippen molar-refractivity contribution in [1.29, 1.82) is 0 Å². The molecular formula is C13H21N3O4S. The fraction of sp³-hybridized carbons (Fsp3) is 0.615. The van der Waals surface area contributed by atoms with Crippen LogP contribution in [0, 0.1) is 5.92 Å². The third-order valence-electron chi connectivity index (χ3n) is 3.52. The number of hydrogen-bond acceptors (Lipinski definition) is 4. The highest BCUT2D eigenvalue weighted by molar-refractivity contribution is 7.89. The summed E-state index contributed by atoms with van der Waals surface area (Å²) in [5.74, 6) is 0.0135. The van der Waals surface area contributed by atoms with E-state index in [1.54, 1.807) is 4.57 Å². The van der Waals surface area contributed by atoms with Crippen LogP contribution in [0.3, 0.4) is 0 Å². The highest BCUT2D eigenvalue weighted by atomic mass is 32.2. The Balaban J connectivity index is 2.16. The number of amides is 1. The molecule has 1 aliphatic heterocycles. The van der Waals surface area contributed by atoms with E-state index in [9.17, 15) is 13.2 Å². The van der Waals surface area contributed by atoms with Crippen LogP contribution in [0.15, 0.2) is 17.2 Å². The lowest BCUT2D eigenvalue weighted by Gasteiger charge is -2.14. The van der Waals surface area contributed by atoms with E-state index in [1.165, 1.54) is 12.3 Å². The summed E-state index contributed by atoms with van der Waals surface area (Å²) in [5.41, 5.74) is 0.299. The molecule has 1 saturated heterocycles. The average molecular weight is 315 g/mol. The molecule has 1 aromatic heterocycles. The first-order chi connectivity index (χ1) is 9.79. The monoisotopic (exact) mass is 315 g/mol. The van der Waals surface area contributed by atoms with Gasteiger partial charge in [0.25, 0.3) is 5.91 Å². The number of primary sulfonamides is 1. The summed E-state index contributed by atoms with van der Waals surface area (Å²) in [5, 5.41) is 7.95. The molecule has 1 amide bonds. The number of sulfonamides is 1. The van der Waals surface area contributed by atoms with Gasteiger partial charge in [-0.05, 0) is 26.3 Å². The summed E-state index contributed by atoms with van der Waals surface area (Å²) < 4.78 is 29.7. The van der Waals surface area contributed by atoms with E-state index in [0.29, 0.717) is 24.8 Å². The van der Waals surface area contributed by atoms with E-state index < -0.39 is 10.0 Å². The van der Waals surface area contributed by atoms with Crippen LogP contribution in [0.2, 0.25) is 0 Å². The molecule has 8 heteroatoms. The Hall–Kier alpha value is -1.38. The summed E-state index contributed by atoms with van der Waals surface area (Å²) in [6.45, 7) is 5.63. The van der Waals surface area contributed by atoms with Crippen LogP contribution in [0.25, 0.3) is 0 Å². The van der Waals surface area contributed by atoms with Crippen molar-refractivity contribution in [1.82, 2.24) is 9.88 Å². The van der Waals surface area contributed by atoms with Crippen LogP contribution < -0.4 is 10.5 Å². The predicted molar refractivity (Wildman–Crippen MR) is 77.4 cm³/mol. The number of nitrogens with zero attached hydrogens (tertiary/aromatic N) is 1. The van der Waals surface area contributed by atoms with E-state index in [2.05, 4.69) is 5.32 Å². The molecule has 2 rings (SSSR count). The number of hydrogen-bond donors (Lipinski definition) is 2. The van der Waals surface area contributed by atoms with Gasteiger partial charge in [0.15, 0.2) is 0 Å². The molecule has 0 radical (unpaired) electrons. The Morgan fingerprint density at radius 2 is 2.29 bits per heavy atom. The van der Waals surface area contributed by atoms with E-state index in [4.69, 9.17) is 9.88 Å². The van der Waals surface area contributed by atoms with Gasteiger partial charge in [0.1, 0.15) is 10.6 Å². The lowest BCUT2D eigenvalue weighted by Crippen LogP contribution is -2.31. The second-order valence-corrected chi connectivity index (χ2v) is 7.11. The van der Waals surface area contributed by atoms with Crippen molar-refractivity contribution in [3.8, 4) is 0 Å². The lowest BCUT2D eigenvalue weighted by molar-refractivity contribution is 0.0934. The molecule has 1 atom stereocenters. The van der Waals surface area contributed by atoms with Crippen LogP contribution in [-0.4, -0.2) is 38.7 Å². The number of nitrogens with one attached hydrogen (secondary N) is 1. The molecule has 1 aromatic rings. The second-order valence-electron chi connectivity index (χ2n) is 5.55. The zero-order valence-corrected chi connectivity index (χ0v) is 13.0. The van der Waals surface area contributed by atoms with Gasteiger partial charge in [-0.15, -0.1) is 0 Å². The van der Waals surface area contributed by atoms with Crippen molar-refractivity contribution < 1.29 is 17.9 Å². The molecule has 0 aromatic carbocycles. The van der Waals surface area contributed by atoms with Crippen LogP contribution in [0.1, 0.15) is 36.8 Å². The van der Waals surface area contributed by atoms with Gasteiger partial charge < -0.3 is 14.6 Å². The number of ether oxygens (including phenoxy) is 1. The van der Waals surface area contributed by atoms with E-state index in [-0.39, 0.29) is 16.8 Å². The molecule has 1 unspecified atom stereocenters.